The van der Waals surface area contributed by atoms with Crippen molar-refractivity contribution >= 4 is 17.6 Å². The number of unbranched alkanes of at least 4 members (excludes halogenated alkanes) is 1. The zero-order valence-electron chi connectivity index (χ0n) is 20.7. The molecule has 2 aromatic rings. The van der Waals surface area contributed by atoms with Crippen LogP contribution >= 0.6 is 0 Å². The van der Waals surface area contributed by atoms with E-state index in [0.717, 1.165) is 42.9 Å². The van der Waals surface area contributed by atoms with Gasteiger partial charge >= 0.3 is 0 Å². The largest absolute Gasteiger partial charge is 0.496 e. The van der Waals surface area contributed by atoms with Crippen molar-refractivity contribution in [3.8, 4) is 5.75 Å². The van der Waals surface area contributed by atoms with Crippen LogP contribution in [0.4, 0.5) is 5.82 Å². The van der Waals surface area contributed by atoms with Gasteiger partial charge in [0.15, 0.2) is 0 Å². The molecule has 0 saturated carbocycles. The molecule has 35 heavy (non-hydrogen) atoms. The summed E-state index contributed by atoms with van der Waals surface area (Å²) >= 11 is 0. The van der Waals surface area contributed by atoms with Crippen LogP contribution in [0.2, 0.25) is 0 Å². The van der Waals surface area contributed by atoms with Crippen LogP contribution in [-0.4, -0.2) is 61.7 Å². The third kappa shape index (κ3) is 5.75. The molecule has 188 valence electrons. The van der Waals surface area contributed by atoms with Crippen LogP contribution in [0.5, 0.6) is 5.75 Å². The first-order valence-corrected chi connectivity index (χ1v) is 12.6. The van der Waals surface area contributed by atoms with Gasteiger partial charge in [0.05, 0.1) is 32.3 Å². The Hall–Kier alpha value is -3.13. The molecular weight excluding hydrogens is 444 g/mol. The molecule has 0 spiro atoms. The molecule has 8 nitrogen and oxygen atoms in total. The minimum Gasteiger partial charge on any atom is -0.496 e. The molecule has 1 aromatic heterocycles. The van der Waals surface area contributed by atoms with Gasteiger partial charge in [0, 0.05) is 49.9 Å². The van der Waals surface area contributed by atoms with Crippen LogP contribution < -0.4 is 15.0 Å². The second-order valence-corrected chi connectivity index (χ2v) is 9.08. The predicted octanol–water partition coefficient (Wildman–Crippen LogP) is 3.32. The van der Waals surface area contributed by atoms with Gasteiger partial charge in [0.1, 0.15) is 11.6 Å². The van der Waals surface area contributed by atoms with E-state index in [1.165, 1.54) is 0 Å². The molecule has 2 amide bonds. The summed E-state index contributed by atoms with van der Waals surface area (Å²) in [6, 6.07) is 11.3. The quantitative estimate of drug-likeness (QED) is 0.593. The monoisotopic (exact) mass is 480 g/mol. The summed E-state index contributed by atoms with van der Waals surface area (Å²) < 4.78 is 11.1. The Labute approximate surface area is 207 Å². The number of pyridine rings is 1. The van der Waals surface area contributed by atoms with Crippen molar-refractivity contribution in [2.45, 2.75) is 45.2 Å². The molecular formula is C27H36N4O4. The highest BCUT2D eigenvalue weighted by molar-refractivity contribution is 5.85. The number of hydrogen-bond acceptors (Lipinski definition) is 6. The Morgan fingerprint density at radius 2 is 2.00 bits per heavy atom. The third-order valence-electron chi connectivity index (χ3n) is 6.88. The van der Waals surface area contributed by atoms with Crippen molar-refractivity contribution < 1.29 is 19.1 Å². The zero-order valence-corrected chi connectivity index (χ0v) is 20.7. The number of carbonyl (C=O) groups is 2. The van der Waals surface area contributed by atoms with Gasteiger partial charge < -0.3 is 24.6 Å². The molecule has 2 aliphatic heterocycles. The number of morpholine rings is 1. The number of nitrogens with zero attached hydrogens (tertiary/aromatic N) is 3. The van der Waals surface area contributed by atoms with Gasteiger partial charge in [0.25, 0.3) is 0 Å². The molecule has 2 atom stereocenters. The van der Waals surface area contributed by atoms with Crippen molar-refractivity contribution in [1.29, 1.82) is 0 Å². The summed E-state index contributed by atoms with van der Waals surface area (Å²) in [4.78, 5) is 35.3. The summed E-state index contributed by atoms with van der Waals surface area (Å²) in [5.41, 5.74) is 1.86. The number of aromatic nitrogens is 1. The highest BCUT2D eigenvalue weighted by atomic mass is 16.5. The fourth-order valence-corrected chi connectivity index (χ4v) is 5.06. The SMILES string of the molecule is CCCCN1C(=O)CCC(C(=O)NCc2cccnc2N2CCOCC2)C1c1ccccc1OC. The first-order valence-electron chi connectivity index (χ1n) is 12.6. The van der Waals surface area contributed by atoms with Crippen molar-refractivity contribution in [1.82, 2.24) is 15.2 Å². The van der Waals surface area contributed by atoms with E-state index in [0.29, 0.717) is 44.9 Å². The number of ether oxygens (including phenoxy) is 2. The lowest BCUT2D eigenvalue weighted by Crippen LogP contribution is -2.48. The summed E-state index contributed by atoms with van der Waals surface area (Å²) in [7, 11) is 1.63. The maximum absolute atomic E-state index is 13.6. The molecule has 3 heterocycles. The van der Waals surface area contributed by atoms with Crippen LogP contribution in [0, 0.1) is 5.92 Å². The van der Waals surface area contributed by atoms with Crippen molar-refractivity contribution in [2.75, 3.05) is 44.9 Å². The Morgan fingerprint density at radius 1 is 1.20 bits per heavy atom. The predicted molar refractivity (Wildman–Crippen MR) is 134 cm³/mol. The highest BCUT2D eigenvalue weighted by Crippen LogP contribution is 2.41. The number of carbonyl (C=O) groups excluding carboxylic acids is 2. The molecule has 2 unspecified atom stereocenters. The van der Waals surface area contributed by atoms with Crippen molar-refractivity contribution in [2.24, 2.45) is 5.92 Å². The Kier molecular flexibility index (Phi) is 8.58. The lowest BCUT2D eigenvalue weighted by Gasteiger charge is -2.41. The van der Waals surface area contributed by atoms with Gasteiger partial charge in [-0.25, -0.2) is 4.98 Å². The van der Waals surface area contributed by atoms with E-state index in [2.05, 4.69) is 22.1 Å². The van der Waals surface area contributed by atoms with Gasteiger partial charge in [-0.05, 0) is 25.0 Å². The van der Waals surface area contributed by atoms with E-state index < -0.39 is 0 Å². The third-order valence-corrected chi connectivity index (χ3v) is 6.88. The van der Waals surface area contributed by atoms with E-state index in [1.807, 2.05) is 41.3 Å². The zero-order chi connectivity index (χ0) is 24.6. The van der Waals surface area contributed by atoms with E-state index in [4.69, 9.17) is 9.47 Å². The summed E-state index contributed by atoms with van der Waals surface area (Å²) in [6.07, 6.45) is 4.54. The molecule has 2 fully saturated rings. The lowest BCUT2D eigenvalue weighted by molar-refractivity contribution is -0.143. The van der Waals surface area contributed by atoms with Crippen molar-refractivity contribution in [3.05, 3.63) is 53.7 Å². The molecule has 1 aromatic carbocycles. The van der Waals surface area contributed by atoms with Crippen LogP contribution in [0.3, 0.4) is 0 Å². The number of piperidine rings is 1. The van der Waals surface area contributed by atoms with Crippen LogP contribution in [0.15, 0.2) is 42.6 Å². The maximum Gasteiger partial charge on any atom is 0.225 e. The summed E-state index contributed by atoms with van der Waals surface area (Å²) in [5, 5.41) is 3.16. The topological polar surface area (TPSA) is 84.0 Å². The Balaban J connectivity index is 1.56. The standard InChI is InChI=1S/C27H36N4O4/c1-3-4-14-31-24(32)12-11-22(25(31)21-9-5-6-10-23(21)34-2)27(33)29-19-20-8-7-13-28-26(20)30-15-17-35-18-16-30/h5-10,13,22,25H,3-4,11-12,14-19H2,1-2H3,(H,29,33). The second-order valence-electron chi connectivity index (χ2n) is 9.08. The van der Waals surface area contributed by atoms with E-state index in [9.17, 15) is 9.59 Å². The number of benzene rings is 1. The van der Waals surface area contributed by atoms with Crippen LogP contribution in [0.1, 0.15) is 49.8 Å². The smallest absolute Gasteiger partial charge is 0.225 e. The normalized spacial score (nSPS) is 20.6. The lowest BCUT2D eigenvalue weighted by atomic mass is 9.83. The molecule has 0 radical (unpaired) electrons. The molecule has 0 bridgehead atoms. The molecule has 8 heteroatoms. The number of hydrogen-bond donors (Lipinski definition) is 1. The summed E-state index contributed by atoms with van der Waals surface area (Å²) in [6.45, 7) is 6.04. The van der Waals surface area contributed by atoms with E-state index in [-0.39, 0.29) is 23.8 Å². The summed E-state index contributed by atoms with van der Waals surface area (Å²) in [5.74, 6) is 1.28. The second kappa shape index (κ2) is 12.0. The van der Waals surface area contributed by atoms with Crippen molar-refractivity contribution in [3.63, 3.8) is 0 Å². The fourth-order valence-electron chi connectivity index (χ4n) is 5.06. The van der Waals surface area contributed by atoms with E-state index >= 15 is 0 Å². The minimum atomic E-state index is -0.357. The number of likely N-dealkylation sites (tertiary alicyclic amines) is 1. The molecule has 2 saturated heterocycles. The first-order chi connectivity index (χ1) is 17.1. The number of nitrogens with one attached hydrogen (secondary N) is 1. The van der Waals surface area contributed by atoms with Gasteiger partial charge in [-0.1, -0.05) is 37.6 Å². The average Bonchev–Trinajstić information content (AvgIpc) is 2.91. The Bertz CT molecular complexity index is 1010. The fraction of sp³-hybridized carbons (Fsp3) is 0.519. The Morgan fingerprint density at radius 3 is 2.77 bits per heavy atom. The minimum absolute atomic E-state index is 0.0494. The number of anilines is 1. The number of rotatable bonds is 9. The highest BCUT2D eigenvalue weighted by Gasteiger charge is 2.41. The van der Waals surface area contributed by atoms with E-state index in [1.54, 1.807) is 13.3 Å². The van der Waals surface area contributed by atoms with Crippen LogP contribution in [0.25, 0.3) is 0 Å². The van der Waals surface area contributed by atoms with Crippen LogP contribution in [-0.2, 0) is 20.9 Å². The maximum atomic E-state index is 13.6. The number of methoxy groups -OCH3 is 1. The van der Waals surface area contributed by atoms with Gasteiger partial charge in [-0.3, -0.25) is 9.59 Å². The first kappa shape index (κ1) is 25.0. The van der Waals surface area contributed by atoms with Gasteiger partial charge in [0.2, 0.25) is 11.8 Å². The molecule has 0 aliphatic carbocycles. The van der Waals surface area contributed by atoms with Gasteiger partial charge in [-0.15, -0.1) is 0 Å². The number of amides is 2. The molecule has 2 aliphatic rings. The number of para-hydroxylation sites is 1. The average molecular weight is 481 g/mol. The van der Waals surface area contributed by atoms with Gasteiger partial charge in [-0.2, -0.15) is 0 Å². The molecule has 1 N–H and O–H groups in total. The molecule has 4 rings (SSSR count).